The summed E-state index contributed by atoms with van der Waals surface area (Å²) in [7, 11) is 0. The highest BCUT2D eigenvalue weighted by Crippen LogP contribution is 2.33. The minimum Gasteiger partial charge on any atom is -0.480 e. The molecule has 1 aliphatic carbocycles. The maximum Gasteiger partial charge on any atom is 0.323 e. The Labute approximate surface area is 113 Å². The smallest absolute Gasteiger partial charge is 0.323 e. The number of aromatic nitrogens is 2. The minimum atomic E-state index is -1.02. The number of carboxylic acids is 1. The Morgan fingerprint density at radius 3 is 2.89 bits per heavy atom. The van der Waals surface area contributed by atoms with E-state index in [0.717, 1.165) is 36.1 Å². The lowest BCUT2D eigenvalue weighted by Crippen LogP contribution is -2.27. The summed E-state index contributed by atoms with van der Waals surface area (Å²) in [5.74, 6) is -0.547. The van der Waals surface area contributed by atoms with Crippen molar-refractivity contribution in [3.63, 3.8) is 0 Å². The molecule has 0 unspecified atom stereocenters. The molecule has 100 valence electrons. The fourth-order valence-electron chi connectivity index (χ4n) is 2.66. The highest BCUT2D eigenvalue weighted by atomic mass is 32.1. The van der Waals surface area contributed by atoms with Crippen LogP contribution < -0.4 is 5.56 Å². The Morgan fingerprint density at radius 2 is 2.16 bits per heavy atom. The molecule has 3 rings (SSSR count). The van der Waals surface area contributed by atoms with Crippen LogP contribution in [0.3, 0.4) is 0 Å². The van der Waals surface area contributed by atoms with Gasteiger partial charge in [-0.1, -0.05) is 0 Å². The molecule has 0 saturated carbocycles. The Morgan fingerprint density at radius 1 is 1.42 bits per heavy atom. The van der Waals surface area contributed by atoms with Crippen molar-refractivity contribution in [3.05, 3.63) is 26.6 Å². The molecule has 0 amide bonds. The van der Waals surface area contributed by atoms with Crippen molar-refractivity contribution < 1.29 is 9.90 Å². The molecule has 1 N–H and O–H groups in total. The van der Waals surface area contributed by atoms with Gasteiger partial charge in [-0.3, -0.25) is 14.2 Å². The molecule has 5 nitrogen and oxygen atoms in total. The first-order valence-corrected chi connectivity index (χ1v) is 7.13. The molecule has 0 atom stereocenters. The highest BCUT2D eigenvalue weighted by Gasteiger charge is 2.21. The van der Waals surface area contributed by atoms with E-state index in [1.807, 2.05) is 0 Å². The summed E-state index contributed by atoms with van der Waals surface area (Å²) in [6, 6.07) is 0. The SMILES string of the molecule is Cc1nc2sc3c(c2c(=O)n1CC(=O)O)CCCC3. The van der Waals surface area contributed by atoms with Crippen LogP contribution in [0.1, 0.15) is 29.1 Å². The van der Waals surface area contributed by atoms with E-state index in [4.69, 9.17) is 5.11 Å². The largest absolute Gasteiger partial charge is 0.480 e. The number of hydrogen-bond acceptors (Lipinski definition) is 4. The first-order chi connectivity index (χ1) is 9.08. The first kappa shape index (κ1) is 12.3. The van der Waals surface area contributed by atoms with Gasteiger partial charge in [0.2, 0.25) is 0 Å². The lowest BCUT2D eigenvalue weighted by Gasteiger charge is -2.10. The Bertz CT molecular complexity index is 730. The molecule has 2 aromatic rings. The molecule has 6 heteroatoms. The van der Waals surface area contributed by atoms with Crippen molar-refractivity contribution in [1.82, 2.24) is 9.55 Å². The zero-order valence-corrected chi connectivity index (χ0v) is 11.4. The summed E-state index contributed by atoms with van der Waals surface area (Å²) < 4.78 is 1.26. The number of carbonyl (C=O) groups is 1. The number of carboxylic acid groups (broad SMARTS) is 1. The van der Waals surface area contributed by atoms with E-state index in [-0.39, 0.29) is 12.1 Å². The number of fused-ring (bicyclic) bond motifs is 3. The van der Waals surface area contributed by atoms with Crippen molar-refractivity contribution in [2.75, 3.05) is 0 Å². The quantitative estimate of drug-likeness (QED) is 0.908. The summed E-state index contributed by atoms with van der Waals surface area (Å²) in [4.78, 5) is 29.8. The van der Waals surface area contributed by atoms with Gasteiger partial charge in [-0.2, -0.15) is 0 Å². The highest BCUT2D eigenvalue weighted by molar-refractivity contribution is 7.18. The van der Waals surface area contributed by atoms with E-state index in [1.54, 1.807) is 18.3 Å². The summed E-state index contributed by atoms with van der Waals surface area (Å²) in [5.41, 5.74) is 0.896. The lowest BCUT2D eigenvalue weighted by molar-refractivity contribution is -0.137. The predicted molar refractivity (Wildman–Crippen MR) is 72.9 cm³/mol. The number of rotatable bonds is 2. The zero-order valence-electron chi connectivity index (χ0n) is 10.6. The molecule has 0 bridgehead atoms. The molecule has 0 fully saturated rings. The Kier molecular flexibility index (Phi) is 2.89. The van der Waals surface area contributed by atoms with E-state index in [0.29, 0.717) is 11.2 Å². The van der Waals surface area contributed by atoms with Crippen LogP contribution in [0.2, 0.25) is 0 Å². The fourth-order valence-corrected chi connectivity index (χ4v) is 3.96. The Balaban J connectivity index is 2.30. The molecule has 19 heavy (non-hydrogen) atoms. The van der Waals surface area contributed by atoms with Crippen LogP contribution in [0.5, 0.6) is 0 Å². The summed E-state index contributed by atoms with van der Waals surface area (Å²) in [5, 5.41) is 9.54. The first-order valence-electron chi connectivity index (χ1n) is 6.31. The van der Waals surface area contributed by atoms with Gasteiger partial charge in [0.15, 0.2) is 0 Å². The Hall–Kier alpha value is -1.69. The molecule has 0 radical (unpaired) electrons. The number of thiophene rings is 1. The van der Waals surface area contributed by atoms with Gasteiger partial charge >= 0.3 is 5.97 Å². The minimum absolute atomic E-state index is 0.204. The van der Waals surface area contributed by atoms with Crippen LogP contribution in [0.25, 0.3) is 10.2 Å². The molecular weight excluding hydrogens is 264 g/mol. The summed E-state index contributed by atoms with van der Waals surface area (Å²) in [6.07, 6.45) is 4.16. The average molecular weight is 278 g/mol. The van der Waals surface area contributed by atoms with Crippen LogP contribution in [0, 0.1) is 6.92 Å². The molecule has 0 aromatic carbocycles. The number of nitrogens with zero attached hydrogens (tertiary/aromatic N) is 2. The monoisotopic (exact) mass is 278 g/mol. The topological polar surface area (TPSA) is 72.2 Å². The maximum absolute atomic E-state index is 12.5. The van der Waals surface area contributed by atoms with Crippen LogP contribution in [-0.2, 0) is 24.2 Å². The zero-order chi connectivity index (χ0) is 13.6. The number of hydrogen-bond donors (Lipinski definition) is 1. The van der Waals surface area contributed by atoms with Crippen molar-refractivity contribution in [3.8, 4) is 0 Å². The molecule has 0 aliphatic heterocycles. The van der Waals surface area contributed by atoms with Crippen LogP contribution in [0.4, 0.5) is 0 Å². The molecule has 0 spiro atoms. The molecule has 1 aliphatic rings. The molecule has 0 saturated heterocycles. The van der Waals surface area contributed by atoms with Crippen molar-refractivity contribution in [2.24, 2.45) is 0 Å². The van der Waals surface area contributed by atoms with Gasteiger partial charge < -0.3 is 5.11 Å². The van der Waals surface area contributed by atoms with E-state index in [1.165, 1.54) is 9.44 Å². The lowest BCUT2D eigenvalue weighted by atomic mass is 9.97. The van der Waals surface area contributed by atoms with E-state index < -0.39 is 5.97 Å². The molecular formula is C13H14N2O3S. The average Bonchev–Trinajstić information content (AvgIpc) is 2.72. The van der Waals surface area contributed by atoms with Gasteiger partial charge in [0.25, 0.3) is 5.56 Å². The normalized spacial score (nSPS) is 14.6. The van der Waals surface area contributed by atoms with Gasteiger partial charge in [0, 0.05) is 4.88 Å². The van der Waals surface area contributed by atoms with Gasteiger partial charge in [0.05, 0.1) is 5.39 Å². The van der Waals surface area contributed by atoms with Gasteiger partial charge in [-0.25, -0.2) is 4.98 Å². The maximum atomic E-state index is 12.5. The van der Waals surface area contributed by atoms with Crippen LogP contribution >= 0.6 is 11.3 Å². The number of aryl methyl sites for hydroxylation is 3. The van der Waals surface area contributed by atoms with Crippen molar-refractivity contribution >= 4 is 27.5 Å². The number of aliphatic carboxylic acids is 1. The van der Waals surface area contributed by atoms with E-state index in [9.17, 15) is 9.59 Å². The second kappa shape index (κ2) is 4.45. The standard InChI is InChI=1S/C13H14N2O3S/c1-7-14-12-11(13(18)15(7)6-10(16)17)8-4-2-3-5-9(8)19-12/h2-6H2,1H3,(H,16,17). The molecule has 2 heterocycles. The summed E-state index contributed by atoms with van der Waals surface area (Å²) in [6.45, 7) is 1.36. The predicted octanol–water partition coefficient (Wildman–Crippen LogP) is 1.73. The van der Waals surface area contributed by atoms with E-state index in [2.05, 4.69) is 4.98 Å². The van der Waals surface area contributed by atoms with Crippen molar-refractivity contribution in [2.45, 2.75) is 39.2 Å². The second-order valence-electron chi connectivity index (χ2n) is 4.84. The van der Waals surface area contributed by atoms with Gasteiger partial charge in [0.1, 0.15) is 17.2 Å². The van der Waals surface area contributed by atoms with Gasteiger partial charge in [-0.05, 0) is 38.2 Å². The van der Waals surface area contributed by atoms with E-state index >= 15 is 0 Å². The van der Waals surface area contributed by atoms with Gasteiger partial charge in [-0.15, -0.1) is 11.3 Å². The fraction of sp³-hybridized carbons (Fsp3) is 0.462. The second-order valence-corrected chi connectivity index (χ2v) is 5.92. The third-order valence-corrected chi connectivity index (χ3v) is 4.74. The van der Waals surface area contributed by atoms with Crippen LogP contribution in [-0.4, -0.2) is 20.6 Å². The summed E-state index contributed by atoms with van der Waals surface area (Å²) >= 11 is 1.58. The third-order valence-electron chi connectivity index (χ3n) is 3.56. The van der Waals surface area contributed by atoms with Crippen LogP contribution in [0.15, 0.2) is 4.79 Å². The van der Waals surface area contributed by atoms with Crippen molar-refractivity contribution in [1.29, 1.82) is 0 Å². The third kappa shape index (κ3) is 1.96. The molecule has 2 aromatic heterocycles.